The minimum absolute atomic E-state index is 0.125. The molecule has 126 valence electrons. The Morgan fingerprint density at radius 1 is 0.880 bits per heavy atom. The van der Waals surface area contributed by atoms with Gasteiger partial charge in [-0.05, 0) is 55.2 Å². The van der Waals surface area contributed by atoms with Gasteiger partial charge in [0, 0.05) is 11.9 Å². The van der Waals surface area contributed by atoms with E-state index in [2.05, 4.69) is 42.3 Å². The maximum absolute atomic E-state index is 12.7. The Hall–Kier alpha value is -2.94. The number of aromatic nitrogens is 1. The van der Waals surface area contributed by atoms with E-state index in [0.717, 1.165) is 16.8 Å². The number of hydrogen-bond acceptors (Lipinski definition) is 2. The van der Waals surface area contributed by atoms with Crippen molar-refractivity contribution in [2.45, 2.75) is 26.8 Å². The third-order valence-corrected chi connectivity index (χ3v) is 4.45. The van der Waals surface area contributed by atoms with E-state index in [9.17, 15) is 4.79 Å². The van der Waals surface area contributed by atoms with Gasteiger partial charge >= 0.3 is 0 Å². The third kappa shape index (κ3) is 3.94. The highest BCUT2D eigenvalue weighted by molar-refractivity contribution is 5.94. The Morgan fingerprint density at radius 3 is 2.28 bits per heavy atom. The van der Waals surface area contributed by atoms with Crippen molar-refractivity contribution in [3.63, 3.8) is 0 Å². The lowest BCUT2D eigenvalue weighted by molar-refractivity contribution is 0.0942. The van der Waals surface area contributed by atoms with Crippen molar-refractivity contribution in [2.75, 3.05) is 0 Å². The van der Waals surface area contributed by atoms with Gasteiger partial charge in [0.05, 0.1) is 11.6 Å². The molecule has 0 bridgehead atoms. The molecule has 3 nitrogen and oxygen atoms in total. The van der Waals surface area contributed by atoms with Crippen LogP contribution in [0.25, 0.3) is 0 Å². The minimum Gasteiger partial charge on any atom is -0.341 e. The molecule has 0 aliphatic carbocycles. The van der Waals surface area contributed by atoms with Crippen LogP contribution in [-0.2, 0) is 0 Å². The van der Waals surface area contributed by atoms with E-state index >= 15 is 0 Å². The van der Waals surface area contributed by atoms with Gasteiger partial charge in [-0.1, -0.05) is 48.5 Å². The maximum atomic E-state index is 12.7. The van der Waals surface area contributed by atoms with Crippen molar-refractivity contribution >= 4 is 5.91 Å². The highest BCUT2D eigenvalue weighted by Gasteiger charge is 2.18. The fourth-order valence-corrected chi connectivity index (χ4v) is 2.77. The van der Waals surface area contributed by atoms with Gasteiger partial charge in [0.1, 0.15) is 0 Å². The molecule has 1 amide bonds. The van der Waals surface area contributed by atoms with Crippen molar-refractivity contribution in [1.82, 2.24) is 10.3 Å². The molecule has 0 aliphatic rings. The summed E-state index contributed by atoms with van der Waals surface area (Å²) in [6, 6.07) is 19.8. The molecule has 0 saturated carbocycles. The molecule has 1 atom stereocenters. The quantitative estimate of drug-likeness (QED) is 0.764. The lowest BCUT2D eigenvalue weighted by Gasteiger charge is -2.21. The van der Waals surface area contributed by atoms with Crippen LogP contribution >= 0.6 is 0 Å². The second-order valence-electron chi connectivity index (χ2n) is 6.35. The van der Waals surface area contributed by atoms with Gasteiger partial charge in [-0.15, -0.1) is 0 Å². The Labute approximate surface area is 148 Å². The Morgan fingerprint density at radius 2 is 1.64 bits per heavy atom. The molecule has 1 N–H and O–H groups in total. The van der Waals surface area contributed by atoms with Crippen LogP contribution in [0, 0.1) is 20.8 Å². The number of benzene rings is 2. The molecular weight excluding hydrogens is 308 g/mol. The van der Waals surface area contributed by atoms with E-state index in [1.807, 2.05) is 43.3 Å². The normalized spacial score (nSPS) is 11.8. The molecule has 25 heavy (non-hydrogen) atoms. The van der Waals surface area contributed by atoms with Crippen molar-refractivity contribution < 1.29 is 4.79 Å². The molecule has 2 aromatic carbocycles. The van der Waals surface area contributed by atoms with Gasteiger partial charge in [-0.25, -0.2) is 0 Å². The van der Waals surface area contributed by atoms with Gasteiger partial charge < -0.3 is 5.32 Å². The average Bonchev–Trinajstić information content (AvgIpc) is 2.63. The Bertz CT molecular complexity index is 870. The van der Waals surface area contributed by atoms with Gasteiger partial charge in [-0.2, -0.15) is 0 Å². The Balaban J connectivity index is 1.95. The summed E-state index contributed by atoms with van der Waals surface area (Å²) in [5.74, 6) is -0.125. The monoisotopic (exact) mass is 330 g/mol. The summed E-state index contributed by atoms with van der Waals surface area (Å²) in [5.41, 5.74) is 6.04. The van der Waals surface area contributed by atoms with Crippen LogP contribution in [0.3, 0.4) is 0 Å². The van der Waals surface area contributed by atoms with Crippen LogP contribution < -0.4 is 5.32 Å². The number of nitrogens with zero attached hydrogens (tertiary/aromatic N) is 1. The molecule has 3 aromatic rings. The summed E-state index contributed by atoms with van der Waals surface area (Å²) >= 11 is 0. The van der Waals surface area contributed by atoms with Crippen molar-refractivity contribution in [1.29, 1.82) is 0 Å². The van der Waals surface area contributed by atoms with Gasteiger partial charge in [0.25, 0.3) is 5.91 Å². The van der Waals surface area contributed by atoms with Crippen LogP contribution in [0.4, 0.5) is 0 Å². The summed E-state index contributed by atoms with van der Waals surface area (Å²) < 4.78 is 0. The number of nitrogens with one attached hydrogen (secondary N) is 1. The zero-order chi connectivity index (χ0) is 17.8. The molecule has 0 radical (unpaired) electrons. The first-order valence-corrected chi connectivity index (χ1v) is 8.40. The number of carbonyl (C=O) groups is 1. The van der Waals surface area contributed by atoms with E-state index in [4.69, 9.17) is 0 Å². The summed E-state index contributed by atoms with van der Waals surface area (Å²) in [5, 5.41) is 3.15. The predicted molar refractivity (Wildman–Crippen MR) is 101 cm³/mol. The zero-order valence-corrected chi connectivity index (χ0v) is 14.8. The average molecular weight is 330 g/mol. The molecule has 0 saturated heterocycles. The minimum atomic E-state index is -0.200. The number of carbonyl (C=O) groups excluding carboxylic acids is 1. The van der Waals surface area contributed by atoms with Gasteiger partial charge in [-0.3, -0.25) is 9.78 Å². The summed E-state index contributed by atoms with van der Waals surface area (Å²) in [6.07, 6.45) is 1.62. The molecule has 0 spiro atoms. The topological polar surface area (TPSA) is 42.0 Å². The van der Waals surface area contributed by atoms with E-state index < -0.39 is 0 Å². The second-order valence-corrected chi connectivity index (χ2v) is 6.35. The maximum Gasteiger partial charge on any atom is 0.253 e. The van der Waals surface area contributed by atoms with Crippen molar-refractivity contribution in [2.24, 2.45) is 0 Å². The standard InChI is InChI=1S/C22H22N2O/c1-15-9-11-19(13-16(15)2)21(18-7-5-4-6-8-18)24-22(25)20-12-10-17(3)23-14-20/h4-14,21H,1-3H3,(H,24,25)/t21-/m0/s1. The highest BCUT2D eigenvalue weighted by atomic mass is 16.1. The third-order valence-electron chi connectivity index (χ3n) is 4.45. The number of rotatable bonds is 4. The lowest BCUT2D eigenvalue weighted by atomic mass is 9.95. The van der Waals surface area contributed by atoms with Crippen LogP contribution in [0.1, 0.15) is 44.3 Å². The summed E-state index contributed by atoms with van der Waals surface area (Å²) in [7, 11) is 0. The molecular formula is C22H22N2O. The van der Waals surface area contributed by atoms with E-state index in [-0.39, 0.29) is 11.9 Å². The van der Waals surface area contributed by atoms with Crippen molar-refractivity contribution in [3.05, 3.63) is 100 Å². The summed E-state index contributed by atoms with van der Waals surface area (Å²) in [4.78, 5) is 16.9. The highest BCUT2D eigenvalue weighted by Crippen LogP contribution is 2.24. The van der Waals surface area contributed by atoms with Gasteiger partial charge in [0.2, 0.25) is 0 Å². The fraction of sp³-hybridized carbons (Fsp3) is 0.182. The smallest absolute Gasteiger partial charge is 0.253 e. The van der Waals surface area contributed by atoms with Gasteiger partial charge in [0.15, 0.2) is 0 Å². The first-order chi connectivity index (χ1) is 12.0. The molecule has 3 heteroatoms. The van der Waals surface area contributed by atoms with E-state index in [1.165, 1.54) is 11.1 Å². The zero-order valence-electron chi connectivity index (χ0n) is 14.8. The van der Waals surface area contributed by atoms with Crippen LogP contribution in [-0.4, -0.2) is 10.9 Å². The molecule has 0 aliphatic heterocycles. The molecule has 3 rings (SSSR count). The number of aryl methyl sites for hydroxylation is 3. The van der Waals surface area contributed by atoms with E-state index in [0.29, 0.717) is 5.56 Å². The largest absolute Gasteiger partial charge is 0.341 e. The fourth-order valence-electron chi connectivity index (χ4n) is 2.77. The number of pyridine rings is 1. The van der Waals surface area contributed by atoms with E-state index in [1.54, 1.807) is 12.3 Å². The first kappa shape index (κ1) is 16.9. The number of hydrogen-bond donors (Lipinski definition) is 1. The summed E-state index contributed by atoms with van der Waals surface area (Å²) in [6.45, 7) is 6.09. The molecule has 0 fully saturated rings. The predicted octanol–water partition coefficient (Wildman–Crippen LogP) is 4.53. The first-order valence-electron chi connectivity index (χ1n) is 8.40. The van der Waals surface area contributed by atoms with Crippen LogP contribution in [0.2, 0.25) is 0 Å². The van der Waals surface area contributed by atoms with Crippen LogP contribution in [0.5, 0.6) is 0 Å². The number of amides is 1. The van der Waals surface area contributed by atoms with Crippen molar-refractivity contribution in [3.8, 4) is 0 Å². The molecule has 1 heterocycles. The SMILES string of the molecule is Cc1ccc(C(=O)N[C@@H](c2ccccc2)c2ccc(C)c(C)c2)cn1. The van der Waals surface area contributed by atoms with Crippen LogP contribution in [0.15, 0.2) is 66.9 Å². The second kappa shape index (κ2) is 7.31. The molecule has 0 unspecified atom stereocenters. The Kier molecular flexibility index (Phi) is 4.94. The molecule has 1 aromatic heterocycles. The lowest BCUT2D eigenvalue weighted by Crippen LogP contribution is -2.29.